The molecule has 0 aliphatic heterocycles. The van der Waals surface area contributed by atoms with Gasteiger partial charge in [-0.15, -0.1) is 0 Å². The number of esters is 1. The van der Waals surface area contributed by atoms with Crippen molar-refractivity contribution < 1.29 is 27.8 Å². The van der Waals surface area contributed by atoms with Gasteiger partial charge in [-0.05, 0) is 18.2 Å². The highest BCUT2D eigenvalue weighted by atomic mass is 35.5. The van der Waals surface area contributed by atoms with Gasteiger partial charge in [0.2, 0.25) is 0 Å². The van der Waals surface area contributed by atoms with Crippen LogP contribution in [-0.4, -0.2) is 25.1 Å². The molecule has 0 atom stereocenters. The molecule has 0 unspecified atom stereocenters. The largest absolute Gasteiger partial charge is 0.480 e. The Morgan fingerprint density at radius 3 is 2.38 bits per heavy atom. The molecule has 1 amide bonds. The van der Waals surface area contributed by atoms with E-state index in [2.05, 4.69) is 10.1 Å². The summed E-state index contributed by atoms with van der Waals surface area (Å²) in [5.41, 5.74) is -0.370. The van der Waals surface area contributed by atoms with E-state index >= 15 is 0 Å². The summed E-state index contributed by atoms with van der Waals surface area (Å²) in [5.74, 6) is -3.20. The summed E-state index contributed by atoms with van der Waals surface area (Å²) in [6.45, 7) is -1.27. The molecule has 5 nitrogen and oxygen atoms in total. The summed E-state index contributed by atoms with van der Waals surface area (Å²) < 4.78 is 36.2. The molecule has 0 spiro atoms. The number of halogens is 5. The van der Waals surface area contributed by atoms with Crippen LogP contribution in [0.15, 0.2) is 30.3 Å². The van der Waals surface area contributed by atoms with E-state index in [4.69, 9.17) is 39.5 Å². The highest BCUT2D eigenvalue weighted by molar-refractivity contribution is 6.43. The lowest BCUT2D eigenvalue weighted by Crippen LogP contribution is -2.24. The molecule has 1 N–H and O–H groups in total. The summed E-state index contributed by atoms with van der Waals surface area (Å²) in [6.07, 6.45) is 0. The number of anilines is 1. The zero-order valence-corrected chi connectivity index (χ0v) is 15.1. The van der Waals surface area contributed by atoms with Crippen molar-refractivity contribution in [2.24, 2.45) is 0 Å². The van der Waals surface area contributed by atoms with Gasteiger partial charge in [-0.25, -0.2) is 13.6 Å². The van der Waals surface area contributed by atoms with Gasteiger partial charge < -0.3 is 14.8 Å². The Kier molecular flexibility index (Phi) is 7.02. The standard InChI is InChI=1S/C16H10Cl3F2NO4/c17-9-4-11(19)14(5-10(9)18)25-7-16(24)26-6-15(23)22-13-3-8(20)1-2-12(13)21/h1-5H,6-7H2,(H,22,23). The van der Waals surface area contributed by atoms with Crippen molar-refractivity contribution in [3.63, 3.8) is 0 Å². The number of amides is 1. The van der Waals surface area contributed by atoms with E-state index in [1.54, 1.807) is 0 Å². The van der Waals surface area contributed by atoms with Crippen molar-refractivity contribution in [3.8, 4) is 5.75 Å². The molecule has 2 rings (SSSR count). The SMILES string of the molecule is O=C(COC(=O)COc1cc(Cl)c(Cl)cc1Cl)Nc1cc(F)ccc1F. The van der Waals surface area contributed by atoms with Crippen LogP contribution in [0, 0.1) is 11.6 Å². The fraction of sp³-hybridized carbons (Fsp3) is 0.125. The Hall–Kier alpha value is -2.09. The molecule has 0 heterocycles. The van der Waals surface area contributed by atoms with Crippen molar-refractivity contribution >= 4 is 52.4 Å². The number of ether oxygens (including phenoxy) is 2. The highest BCUT2D eigenvalue weighted by Crippen LogP contribution is 2.33. The van der Waals surface area contributed by atoms with Gasteiger partial charge in [-0.2, -0.15) is 0 Å². The molecule has 0 aromatic heterocycles. The van der Waals surface area contributed by atoms with E-state index in [-0.39, 0.29) is 26.5 Å². The van der Waals surface area contributed by atoms with Crippen LogP contribution in [0.5, 0.6) is 5.75 Å². The molecule has 0 fully saturated rings. The second-order valence-electron chi connectivity index (χ2n) is 4.82. The molecule has 2 aromatic carbocycles. The van der Waals surface area contributed by atoms with Crippen LogP contribution in [0.4, 0.5) is 14.5 Å². The third-order valence-electron chi connectivity index (χ3n) is 2.89. The van der Waals surface area contributed by atoms with Gasteiger partial charge in [0.1, 0.15) is 17.4 Å². The Morgan fingerprint density at radius 1 is 0.962 bits per heavy atom. The maximum Gasteiger partial charge on any atom is 0.344 e. The summed E-state index contributed by atoms with van der Waals surface area (Å²) in [4.78, 5) is 23.2. The molecule has 0 saturated heterocycles. The number of carbonyl (C=O) groups excluding carboxylic acids is 2. The number of hydrogen-bond donors (Lipinski definition) is 1. The third kappa shape index (κ3) is 5.72. The van der Waals surface area contributed by atoms with E-state index in [1.165, 1.54) is 12.1 Å². The lowest BCUT2D eigenvalue weighted by molar-refractivity contribution is -0.149. The lowest BCUT2D eigenvalue weighted by Gasteiger charge is -2.10. The van der Waals surface area contributed by atoms with E-state index in [0.29, 0.717) is 0 Å². The number of hydrogen-bond acceptors (Lipinski definition) is 4. The summed E-state index contributed by atoms with van der Waals surface area (Å²) in [7, 11) is 0. The van der Waals surface area contributed by atoms with Gasteiger partial charge >= 0.3 is 5.97 Å². The average molecular weight is 425 g/mol. The van der Waals surface area contributed by atoms with Crippen LogP contribution in [-0.2, 0) is 14.3 Å². The Morgan fingerprint density at radius 2 is 1.65 bits per heavy atom. The quantitative estimate of drug-likeness (QED) is 0.548. The summed E-state index contributed by atoms with van der Waals surface area (Å²) >= 11 is 17.4. The van der Waals surface area contributed by atoms with Crippen LogP contribution >= 0.6 is 34.8 Å². The Balaban J connectivity index is 1.82. The van der Waals surface area contributed by atoms with E-state index in [1.807, 2.05) is 0 Å². The van der Waals surface area contributed by atoms with Crippen molar-refractivity contribution in [2.45, 2.75) is 0 Å². The van der Waals surface area contributed by atoms with Crippen LogP contribution in [0.3, 0.4) is 0 Å². The monoisotopic (exact) mass is 423 g/mol. The van der Waals surface area contributed by atoms with Gasteiger partial charge in [0, 0.05) is 12.1 Å². The van der Waals surface area contributed by atoms with Crippen molar-refractivity contribution in [2.75, 3.05) is 18.5 Å². The Labute approximate surface area is 161 Å². The topological polar surface area (TPSA) is 64.6 Å². The molecule has 2 aromatic rings. The molecule has 0 saturated carbocycles. The first-order valence-electron chi connectivity index (χ1n) is 6.94. The van der Waals surface area contributed by atoms with Gasteiger partial charge in [0.15, 0.2) is 13.2 Å². The third-order valence-corrected chi connectivity index (χ3v) is 3.90. The maximum absolute atomic E-state index is 13.4. The van der Waals surface area contributed by atoms with Crippen molar-refractivity contribution in [1.29, 1.82) is 0 Å². The first kappa shape index (κ1) is 20.2. The number of rotatable bonds is 6. The smallest absolute Gasteiger partial charge is 0.344 e. The number of carbonyl (C=O) groups is 2. The molecule has 0 bridgehead atoms. The van der Waals surface area contributed by atoms with Crippen LogP contribution in [0.2, 0.25) is 15.1 Å². The van der Waals surface area contributed by atoms with Crippen molar-refractivity contribution in [3.05, 3.63) is 57.0 Å². The minimum absolute atomic E-state index is 0.101. The van der Waals surface area contributed by atoms with E-state index in [0.717, 1.165) is 18.2 Å². The minimum atomic E-state index is -0.887. The average Bonchev–Trinajstić information content (AvgIpc) is 2.58. The fourth-order valence-corrected chi connectivity index (χ4v) is 2.31. The first-order chi connectivity index (χ1) is 12.3. The molecular formula is C16H10Cl3F2NO4. The second kappa shape index (κ2) is 9.02. The van der Waals surface area contributed by atoms with Crippen molar-refractivity contribution in [1.82, 2.24) is 0 Å². The van der Waals surface area contributed by atoms with Crippen LogP contribution < -0.4 is 10.1 Å². The predicted molar refractivity (Wildman–Crippen MR) is 92.9 cm³/mol. The molecule has 138 valence electrons. The van der Waals surface area contributed by atoms with Gasteiger partial charge in [-0.3, -0.25) is 4.79 Å². The van der Waals surface area contributed by atoms with Crippen LogP contribution in [0.1, 0.15) is 0 Å². The fourth-order valence-electron chi connectivity index (χ4n) is 1.72. The molecule has 26 heavy (non-hydrogen) atoms. The van der Waals surface area contributed by atoms with Gasteiger partial charge in [0.25, 0.3) is 5.91 Å². The molecule has 0 radical (unpaired) electrons. The molecule has 10 heteroatoms. The summed E-state index contributed by atoms with van der Waals surface area (Å²) in [6, 6.07) is 5.21. The maximum atomic E-state index is 13.4. The van der Waals surface area contributed by atoms with Gasteiger partial charge in [0.05, 0.1) is 20.8 Å². The highest BCUT2D eigenvalue weighted by Gasteiger charge is 2.13. The Bertz CT molecular complexity index is 848. The summed E-state index contributed by atoms with van der Waals surface area (Å²) in [5, 5.41) is 2.60. The number of benzene rings is 2. The van der Waals surface area contributed by atoms with E-state index in [9.17, 15) is 18.4 Å². The van der Waals surface area contributed by atoms with Gasteiger partial charge in [-0.1, -0.05) is 34.8 Å². The first-order valence-corrected chi connectivity index (χ1v) is 8.07. The van der Waals surface area contributed by atoms with E-state index < -0.39 is 36.7 Å². The second-order valence-corrected chi connectivity index (χ2v) is 6.04. The zero-order valence-electron chi connectivity index (χ0n) is 12.8. The molecular weight excluding hydrogens is 415 g/mol. The molecule has 0 aliphatic rings. The lowest BCUT2D eigenvalue weighted by atomic mass is 10.3. The normalized spacial score (nSPS) is 10.3. The van der Waals surface area contributed by atoms with Crippen LogP contribution in [0.25, 0.3) is 0 Å². The number of nitrogens with one attached hydrogen (secondary N) is 1. The predicted octanol–water partition coefficient (Wildman–Crippen LogP) is 4.49. The minimum Gasteiger partial charge on any atom is -0.480 e. The zero-order chi connectivity index (χ0) is 19.3. The molecule has 0 aliphatic carbocycles.